The van der Waals surface area contributed by atoms with Crippen LogP contribution in [0.3, 0.4) is 0 Å². The number of nitrogens with one attached hydrogen (secondary N) is 1. The molecule has 6 heteroatoms. The van der Waals surface area contributed by atoms with E-state index in [1.165, 1.54) is 199 Å². The highest BCUT2D eigenvalue weighted by molar-refractivity contribution is 5.80. The topological polar surface area (TPSA) is 110 Å². The maximum atomic E-state index is 12.6. The van der Waals surface area contributed by atoms with E-state index in [-0.39, 0.29) is 0 Å². The van der Waals surface area contributed by atoms with Gasteiger partial charge in [0.15, 0.2) is 0 Å². The lowest BCUT2D eigenvalue weighted by Crippen LogP contribution is -2.53. The van der Waals surface area contributed by atoms with Gasteiger partial charge in [0, 0.05) is 0 Å². The summed E-state index contributed by atoms with van der Waals surface area (Å²) in [6.07, 6.45) is 60.6. The van der Waals surface area contributed by atoms with E-state index in [0.717, 1.165) is 51.4 Å². The monoisotopic (exact) mass is 860 g/mol. The van der Waals surface area contributed by atoms with Gasteiger partial charge >= 0.3 is 0 Å². The summed E-state index contributed by atoms with van der Waals surface area (Å²) in [6, 6.07) is -1.01. The number of hydrogen-bond acceptors (Lipinski definition) is 5. The molecule has 360 valence electrons. The molecule has 0 heterocycles. The Kier molecular flexibility index (Phi) is 48.3. The van der Waals surface area contributed by atoms with Crippen LogP contribution in [0.25, 0.3) is 0 Å². The Morgan fingerprint density at radius 3 is 1.08 bits per heavy atom. The van der Waals surface area contributed by atoms with Crippen molar-refractivity contribution in [2.24, 2.45) is 0 Å². The molecule has 0 aliphatic heterocycles. The normalized spacial score (nSPS) is 14.1. The van der Waals surface area contributed by atoms with E-state index in [9.17, 15) is 25.2 Å². The lowest BCUT2D eigenvalue weighted by atomic mass is 10.00. The van der Waals surface area contributed by atoms with Crippen LogP contribution in [-0.2, 0) is 4.79 Å². The predicted molar refractivity (Wildman–Crippen MR) is 265 cm³/mol. The molecule has 0 saturated heterocycles. The predicted octanol–water partition coefficient (Wildman–Crippen LogP) is 15.2. The molecule has 1 amide bonds. The molecule has 0 radical (unpaired) electrons. The summed E-state index contributed by atoms with van der Waals surface area (Å²) in [5, 5.41) is 43.9. The molecule has 0 aromatic heterocycles. The van der Waals surface area contributed by atoms with Crippen molar-refractivity contribution in [3.63, 3.8) is 0 Å². The van der Waals surface area contributed by atoms with Crippen LogP contribution in [0, 0.1) is 0 Å². The second-order valence-electron chi connectivity index (χ2n) is 18.6. The molecule has 0 saturated carbocycles. The zero-order valence-corrected chi connectivity index (χ0v) is 40.7. The molecule has 0 aromatic carbocycles. The Labute approximate surface area is 379 Å². The van der Waals surface area contributed by atoms with Gasteiger partial charge in [-0.05, 0) is 70.6 Å². The molecule has 5 N–H and O–H groups in total. The minimum Gasteiger partial charge on any atom is -0.394 e. The highest BCUT2D eigenvalue weighted by Crippen LogP contribution is 2.17. The third-order valence-corrected chi connectivity index (χ3v) is 12.6. The SMILES string of the molecule is CCCCCCCCCCC/C=C\C/C=C\CCCCCCCCCCC(O)C(=O)NC(CO)C(O)C(O)CCC/C=C/CCCCCCCCCCCCCCCCCC. The molecule has 4 atom stereocenters. The molecule has 0 spiro atoms. The summed E-state index contributed by atoms with van der Waals surface area (Å²) in [7, 11) is 0. The maximum Gasteiger partial charge on any atom is 0.249 e. The number of carbonyl (C=O) groups is 1. The largest absolute Gasteiger partial charge is 0.394 e. The lowest BCUT2D eigenvalue weighted by molar-refractivity contribution is -0.132. The van der Waals surface area contributed by atoms with Gasteiger partial charge in [-0.2, -0.15) is 0 Å². The molecule has 0 aliphatic rings. The van der Waals surface area contributed by atoms with Gasteiger partial charge in [0.2, 0.25) is 5.91 Å². The third kappa shape index (κ3) is 43.6. The molecule has 0 aliphatic carbocycles. The van der Waals surface area contributed by atoms with Gasteiger partial charge < -0.3 is 25.7 Å². The summed E-state index contributed by atoms with van der Waals surface area (Å²) in [4.78, 5) is 12.6. The number of aliphatic hydroxyl groups excluding tert-OH is 4. The molecule has 61 heavy (non-hydrogen) atoms. The molecule has 0 bridgehead atoms. The number of rotatable bonds is 49. The van der Waals surface area contributed by atoms with Crippen molar-refractivity contribution in [3.05, 3.63) is 36.5 Å². The minimum atomic E-state index is -1.28. The fourth-order valence-corrected chi connectivity index (χ4v) is 8.32. The fourth-order valence-electron chi connectivity index (χ4n) is 8.32. The Bertz CT molecular complexity index is 966. The number of unbranched alkanes of at least 4 members (excludes halogenated alkanes) is 34. The van der Waals surface area contributed by atoms with E-state index >= 15 is 0 Å². The van der Waals surface area contributed by atoms with E-state index in [4.69, 9.17) is 0 Å². The van der Waals surface area contributed by atoms with Crippen molar-refractivity contribution in [2.45, 2.75) is 301 Å². The third-order valence-electron chi connectivity index (χ3n) is 12.6. The number of carbonyl (C=O) groups excluding carboxylic acids is 1. The van der Waals surface area contributed by atoms with Crippen molar-refractivity contribution in [1.82, 2.24) is 5.32 Å². The minimum absolute atomic E-state index is 0.356. The van der Waals surface area contributed by atoms with Gasteiger partial charge in [-0.25, -0.2) is 0 Å². The second-order valence-corrected chi connectivity index (χ2v) is 18.6. The average molecular weight is 860 g/mol. The van der Waals surface area contributed by atoms with Crippen molar-refractivity contribution >= 4 is 5.91 Å². The quantitative estimate of drug-likeness (QED) is 0.0309. The Morgan fingerprint density at radius 2 is 0.721 bits per heavy atom. The summed E-state index contributed by atoms with van der Waals surface area (Å²) in [5.74, 6) is -0.596. The van der Waals surface area contributed by atoms with E-state index in [2.05, 4.69) is 55.6 Å². The van der Waals surface area contributed by atoms with Crippen molar-refractivity contribution in [3.8, 4) is 0 Å². The molecule has 0 fully saturated rings. The Hall–Kier alpha value is -1.47. The van der Waals surface area contributed by atoms with Crippen LogP contribution in [0.1, 0.15) is 277 Å². The molecular weight excluding hydrogens is 755 g/mol. The van der Waals surface area contributed by atoms with Crippen LogP contribution < -0.4 is 5.32 Å². The van der Waals surface area contributed by atoms with Crippen LogP contribution in [0.4, 0.5) is 0 Å². The van der Waals surface area contributed by atoms with E-state index in [0.29, 0.717) is 12.8 Å². The van der Waals surface area contributed by atoms with Crippen molar-refractivity contribution in [1.29, 1.82) is 0 Å². The van der Waals surface area contributed by atoms with Gasteiger partial charge in [0.25, 0.3) is 0 Å². The first-order valence-corrected chi connectivity index (χ1v) is 26.9. The van der Waals surface area contributed by atoms with E-state index in [1.807, 2.05) is 0 Å². The van der Waals surface area contributed by atoms with Crippen LogP contribution in [-0.4, -0.2) is 57.3 Å². The lowest BCUT2D eigenvalue weighted by Gasteiger charge is -2.27. The zero-order chi connectivity index (χ0) is 44.5. The standard InChI is InChI=1S/C55H105NO5/c1-3-5-7-9-11-13-15-17-19-21-23-25-26-27-29-31-33-35-37-39-41-43-45-47-49-53(59)55(61)56-51(50-57)54(60)52(58)48-46-44-42-40-38-36-34-32-30-28-24-22-20-18-16-14-12-10-8-6-4-2/h23,25,27,29,40,42,51-54,57-60H,3-22,24,26,28,30-39,41,43-50H2,1-2H3,(H,56,61)/b25-23-,29-27-,42-40+. The average Bonchev–Trinajstić information content (AvgIpc) is 3.26. The molecule has 0 aromatic rings. The van der Waals surface area contributed by atoms with Gasteiger partial charge in [-0.1, -0.05) is 243 Å². The zero-order valence-electron chi connectivity index (χ0n) is 40.7. The first kappa shape index (κ1) is 59.5. The van der Waals surface area contributed by atoms with Crippen molar-refractivity contribution in [2.75, 3.05) is 6.61 Å². The number of aliphatic hydroxyl groups is 4. The van der Waals surface area contributed by atoms with Gasteiger partial charge in [-0.3, -0.25) is 4.79 Å². The van der Waals surface area contributed by atoms with Crippen LogP contribution in [0.2, 0.25) is 0 Å². The number of allylic oxidation sites excluding steroid dienone is 6. The summed E-state index contributed by atoms with van der Waals surface area (Å²) in [5.41, 5.74) is 0. The first-order chi connectivity index (χ1) is 30.0. The van der Waals surface area contributed by atoms with E-state index in [1.54, 1.807) is 0 Å². The first-order valence-electron chi connectivity index (χ1n) is 26.9. The summed E-state index contributed by atoms with van der Waals surface area (Å²) in [6.45, 7) is 4.06. The molecule has 4 unspecified atom stereocenters. The van der Waals surface area contributed by atoms with Gasteiger partial charge in [0.05, 0.1) is 18.8 Å². The summed E-state index contributed by atoms with van der Waals surface area (Å²) < 4.78 is 0. The summed E-state index contributed by atoms with van der Waals surface area (Å²) >= 11 is 0. The van der Waals surface area contributed by atoms with E-state index < -0.39 is 36.9 Å². The molecular formula is C55H105NO5. The van der Waals surface area contributed by atoms with Crippen molar-refractivity contribution < 1.29 is 25.2 Å². The smallest absolute Gasteiger partial charge is 0.249 e. The van der Waals surface area contributed by atoms with Crippen LogP contribution in [0.5, 0.6) is 0 Å². The number of hydrogen-bond donors (Lipinski definition) is 5. The molecule has 6 nitrogen and oxygen atoms in total. The Balaban J connectivity index is 3.71. The number of amides is 1. The van der Waals surface area contributed by atoms with Gasteiger partial charge in [-0.15, -0.1) is 0 Å². The maximum absolute atomic E-state index is 12.6. The van der Waals surface area contributed by atoms with Gasteiger partial charge in [0.1, 0.15) is 12.2 Å². The Morgan fingerprint density at radius 1 is 0.410 bits per heavy atom. The molecule has 0 rings (SSSR count). The fraction of sp³-hybridized carbons (Fsp3) is 0.873. The van der Waals surface area contributed by atoms with Crippen LogP contribution in [0.15, 0.2) is 36.5 Å². The second kappa shape index (κ2) is 49.5. The van der Waals surface area contributed by atoms with Crippen LogP contribution >= 0.6 is 0 Å². The highest BCUT2D eigenvalue weighted by atomic mass is 16.3. The highest BCUT2D eigenvalue weighted by Gasteiger charge is 2.28.